The van der Waals surface area contributed by atoms with Crippen molar-refractivity contribution in [3.05, 3.63) is 12.7 Å². The van der Waals surface area contributed by atoms with E-state index in [0.29, 0.717) is 25.7 Å². The molecule has 0 aromatic rings. The van der Waals surface area contributed by atoms with E-state index in [9.17, 15) is 9.90 Å². The summed E-state index contributed by atoms with van der Waals surface area (Å²) in [5.74, 6) is 0.194. The summed E-state index contributed by atoms with van der Waals surface area (Å²) in [5.41, 5.74) is -0.278. The molecule has 0 radical (unpaired) electrons. The molecule has 1 rings (SSSR count). The van der Waals surface area contributed by atoms with Crippen molar-refractivity contribution in [1.82, 2.24) is 0 Å². The van der Waals surface area contributed by atoms with Crippen LogP contribution in [-0.2, 0) is 9.53 Å². The summed E-state index contributed by atoms with van der Waals surface area (Å²) in [5, 5.41) is 10.2. The first kappa shape index (κ1) is 14.4. The minimum Gasteiger partial charge on any atom is -0.392 e. The highest BCUT2D eigenvalue weighted by Crippen LogP contribution is 2.38. The summed E-state index contributed by atoms with van der Waals surface area (Å²) in [6.45, 7) is 9.58. The van der Waals surface area contributed by atoms with Crippen molar-refractivity contribution in [2.45, 2.75) is 64.8 Å². The van der Waals surface area contributed by atoms with Crippen LogP contribution in [0.2, 0.25) is 0 Å². The number of carbonyl (C=O) groups is 1. The van der Waals surface area contributed by atoms with E-state index in [1.165, 1.54) is 0 Å². The van der Waals surface area contributed by atoms with Crippen LogP contribution < -0.4 is 0 Å². The predicted molar refractivity (Wildman–Crippen MR) is 67.8 cm³/mol. The van der Waals surface area contributed by atoms with E-state index in [2.05, 4.69) is 6.58 Å². The van der Waals surface area contributed by atoms with Gasteiger partial charge in [0.25, 0.3) is 0 Å². The molecule has 0 aromatic carbocycles. The molecule has 0 aliphatic carbocycles. The van der Waals surface area contributed by atoms with Gasteiger partial charge >= 0.3 is 0 Å². The molecular formula is C14H24O3. The lowest BCUT2D eigenvalue weighted by atomic mass is 9.74. The molecule has 0 bridgehead atoms. The van der Waals surface area contributed by atoms with Gasteiger partial charge in [-0.1, -0.05) is 26.8 Å². The molecule has 0 amide bonds. The largest absolute Gasteiger partial charge is 0.392 e. The number of aliphatic hydroxyl groups excluding tert-OH is 1. The van der Waals surface area contributed by atoms with Crippen molar-refractivity contribution < 1.29 is 14.6 Å². The summed E-state index contributed by atoms with van der Waals surface area (Å²) in [6, 6.07) is 0. The van der Waals surface area contributed by atoms with E-state index >= 15 is 0 Å². The van der Waals surface area contributed by atoms with Gasteiger partial charge in [0.15, 0.2) is 0 Å². The summed E-state index contributed by atoms with van der Waals surface area (Å²) in [6.07, 6.45) is 3.39. The average molecular weight is 240 g/mol. The van der Waals surface area contributed by atoms with Gasteiger partial charge < -0.3 is 9.84 Å². The molecule has 0 spiro atoms. The molecule has 0 aromatic heterocycles. The van der Waals surface area contributed by atoms with Crippen molar-refractivity contribution in [3.8, 4) is 0 Å². The van der Waals surface area contributed by atoms with E-state index < -0.39 is 6.10 Å². The van der Waals surface area contributed by atoms with Crippen molar-refractivity contribution in [1.29, 1.82) is 0 Å². The Hall–Kier alpha value is -0.670. The molecule has 98 valence electrons. The van der Waals surface area contributed by atoms with Crippen LogP contribution in [0.5, 0.6) is 0 Å². The van der Waals surface area contributed by atoms with E-state index in [-0.39, 0.29) is 23.4 Å². The van der Waals surface area contributed by atoms with Crippen LogP contribution in [0.15, 0.2) is 12.7 Å². The third kappa shape index (κ3) is 3.39. The quantitative estimate of drug-likeness (QED) is 0.751. The van der Waals surface area contributed by atoms with Crippen LogP contribution in [0.4, 0.5) is 0 Å². The van der Waals surface area contributed by atoms with Gasteiger partial charge in [0.05, 0.1) is 18.3 Å². The van der Waals surface area contributed by atoms with E-state index in [0.717, 1.165) is 0 Å². The van der Waals surface area contributed by atoms with Crippen molar-refractivity contribution in [2.24, 2.45) is 5.41 Å². The van der Waals surface area contributed by atoms with Gasteiger partial charge in [0.2, 0.25) is 0 Å². The molecule has 1 saturated heterocycles. The minimum absolute atomic E-state index is 0.0570. The van der Waals surface area contributed by atoms with Crippen LogP contribution in [0.25, 0.3) is 0 Å². The Balaban J connectivity index is 2.69. The summed E-state index contributed by atoms with van der Waals surface area (Å²) in [4.78, 5) is 11.4. The second kappa shape index (κ2) is 5.78. The smallest absolute Gasteiger partial charge is 0.135 e. The Kier molecular flexibility index (Phi) is 4.90. The van der Waals surface area contributed by atoms with Crippen LogP contribution in [0.1, 0.15) is 46.5 Å². The van der Waals surface area contributed by atoms with Crippen molar-refractivity contribution in [3.63, 3.8) is 0 Å². The first-order valence-corrected chi connectivity index (χ1v) is 6.37. The van der Waals surface area contributed by atoms with Gasteiger partial charge in [0, 0.05) is 24.7 Å². The number of hydrogen-bond donors (Lipinski definition) is 1. The topological polar surface area (TPSA) is 46.5 Å². The Bertz CT molecular complexity index is 283. The van der Waals surface area contributed by atoms with Gasteiger partial charge in [0.1, 0.15) is 5.78 Å². The SMILES string of the molecule is C=CC[C@@H]1O[C@H](CC(=O)CC)C[C@H](O)C1(C)C. The van der Waals surface area contributed by atoms with Gasteiger partial charge in [-0.25, -0.2) is 0 Å². The van der Waals surface area contributed by atoms with E-state index in [1.54, 1.807) is 0 Å². The van der Waals surface area contributed by atoms with Crippen molar-refractivity contribution >= 4 is 5.78 Å². The first-order chi connectivity index (χ1) is 7.91. The second-order valence-corrected chi connectivity index (χ2v) is 5.44. The Labute approximate surface area is 104 Å². The zero-order valence-corrected chi connectivity index (χ0v) is 11.1. The zero-order valence-electron chi connectivity index (χ0n) is 11.1. The summed E-state index contributed by atoms with van der Waals surface area (Å²) < 4.78 is 5.93. The summed E-state index contributed by atoms with van der Waals surface area (Å²) in [7, 11) is 0. The van der Waals surface area contributed by atoms with Crippen molar-refractivity contribution in [2.75, 3.05) is 0 Å². The van der Waals surface area contributed by atoms with Gasteiger partial charge in [-0.15, -0.1) is 6.58 Å². The van der Waals surface area contributed by atoms with Crippen LogP contribution in [0, 0.1) is 5.41 Å². The number of Topliss-reactive ketones (excluding diaryl/α,β-unsaturated/α-hetero) is 1. The number of hydrogen-bond acceptors (Lipinski definition) is 3. The van der Waals surface area contributed by atoms with Gasteiger partial charge in [-0.2, -0.15) is 0 Å². The zero-order chi connectivity index (χ0) is 13.1. The lowest BCUT2D eigenvalue weighted by molar-refractivity contribution is -0.174. The maximum atomic E-state index is 11.4. The second-order valence-electron chi connectivity index (χ2n) is 5.44. The van der Waals surface area contributed by atoms with Crippen LogP contribution in [-0.4, -0.2) is 29.2 Å². The Morgan fingerprint density at radius 1 is 1.59 bits per heavy atom. The molecule has 3 atom stereocenters. The third-order valence-corrected chi connectivity index (χ3v) is 3.76. The molecule has 3 nitrogen and oxygen atoms in total. The maximum Gasteiger partial charge on any atom is 0.135 e. The lowest BCUT2D eigenvalue weighted by Crippen LogP contribution is -2.50. The minimum atomic E-state index is -0.421. The highest BCUT2D eigenvalue weighted by Gasteiger charge is 2.43. The lowest BCUT2D eigenvalue weighted by Gasteiger charge is -2.45. The number of rotatable bonds is 5. The highest BCUT2D eigenvalue weighted by atomic mass is 16.5. The molecule has 1 aliphatic heterocycles. The normalized spacial score (nSPS) is 32.1. The molecule has 17 heavy (non-hydrogen) atoms. The first-order valence-electron chi connectivity index (χ1n) is 6.37. The molecule has 0 saturated carbocycles. The molecule has 1 N–H and O–H groups in total. The van der Waals surface area contributed by atoms with Gasteiger partial charge in [-0.05, 0) is 6.42 Å². The molecule has 1 aliphatic rings. The highest BCUT2D eigenvalue weighted by molar-refractivity contribution is 5.78. The van der Waals surface area contributed by atoms with E-state index in [1.807, 2.05) is 26.8 Å². The Morgan fingerprint density at radius 3 is 2.76 bits per heavy atom. The average Bonchev–Trinajstić information content (AvgIpc) is 2.26. The maximum absolute atomic E-state index is 11.4. The number of carbonyl (C=O) groups excluding carboxylic acids is 1. The number of aliphatic hydroxyl groups is 1. The molecule has 3 heteroatoms. The summed E-state index contributed by atoms with van der Waals surface area (Å²) >= 11 is 0. The fraction of sp³-hybridized carbons (Fsp3) is 0.786. The third-order valence-electron chi connectivity index (χ3n) is 3.76. The fourth-order valence-electron chi connectivity index (χ4n) is 2.27. The van der Waals surface area contributed by atoms with Crippen LogP contribution in [0.3, 0.4) is 0 Å². The Morgan fingerprint density at radius 2 is 2.24 bits per heavy atom. The van der Waals surface area contributed by atoms with Gasteiger partial charge in [-0.3, -0.25) is 4.79 Å². The predicted octanol–water partition coefficient (Wildman–Crippen LogP) is 2.48. The number of ketones is 1. The molecule has 1 fully saturated rings. The number of ether oxygens (including phenoxy) is 1. The standard InChI is InChI=1S/C14H24O3/c1-5-7-13-14(3,4)12(16)9-11(17-13)8-10(15)6-2/h5,11-13,16H,1,6-9H2,2-4H3/t11-,12+,13+/m1/s1. The van der Waals surface area contributed by atoms with E-state index in [4.69, 9.17) is 4.74 Å². The molecular weight excluding hydrogens is 216 g/mol. The molecule has 1 heterocycles. The monoisotopic (exact) mass is 240 g/mol. The fourth-order valence-corrected chi connectivity index (χ4v) is 2.27. The van der Waals surface area contributed by atoms with Crippen LogP contribution >= 0.6 is 0 Å². The molecule has 0 unspecified atom stereocenters.